The van der Waals surface area contributed by atoms with E-state index in [-0.39, 0.29) is 11.9 Å². The SMILES string of the molecule is O[C@@H]1[C@H](O)[C@@H](CCc2ccccc2F)O[C@H]1n1cnc2c(NC3CCCCC3F)ncnc21. The van der Waals surface area contributed by atoms with Gasteiger partial charge in [0.1, 0.15) is 30.5 Å². The summed E-state index contributed by atoms with van der Waals surface area (Å²) in [6.45, 7) is 0. The number of alkyl halides is 1. The average Bonchev–Trinajstić information content (AvgIpc) is 3.37. The molecular formula is C23H27F2N5O3. The Labute approximate surface area is 189 Å². The maximum absolute atomic E-state index is 14.3. The van der Waals surface area contributed by atoms with E-state index in [1.54, 1.807) is 22.8 Å². The number of aromatic nitrogens is 4. The quantitative estimate of drug-likeness (QED) is 0.521. The van der Waals surface area contributed by atoms with Gasteiger partial charge in [-0.1, -0.05) is 31.0 Å². The smallest absolute Gasteiger partial charge is 0.167 e. The van der Waals surface area contributed by atoms with Gasteiger partial charge in [0.25, 0.3) is 0 Å². The highest BCUT2D eigenvalue weighted by Crippen LogP contribution is 2.34. The standard InChI is InChI=1S/C23H27F2N5O3/c24-14-6-2-1-5-13(14)9-10-17-19(31)20(32)23(33-17)30-12-28-18-21(26-11-27-22(18)30)29-16-8-4-3-7-15(16)25/h1-2,5-6,11-12,15-17,19-20,23,31-32H,3-4,7-10H2,(H,26,27,29)/t15?,16?,17-,19-,20-,23-/m1/s1. The maximum atomic E-state index is 14.3. The zero-order valence-corrected chi connectivity index (χ0v) is 18.0. The summed E-state index contributed by atoms with van der Waals surface area (Å²) in [6.07, 6.45) is 1.69. The van der Waals surface area contributed by atoms with Crippen LogP contribution in [0.2, 0.25) is 0 Å². The van der Waals surface area contributed by atoms with E-state index in [2.05, 4.69) is 20.3 Å². The highest BCUT2D eigenvalue weighted by Gasteiger charge is 2.44. The van der Waals surface area contributed by atoms with Gasteiger partial charge < -0.3 is 20.3 Å². The van der Waals surface area contributed by atoms with E-state index in [4.69, 9.17) is 4.74 Å². The second kappa shape index (κ2) is 9.28. The number of hydrogen-bond donors (Lipinski definition) is 3. The molecule has 8 nitrogen and oxygen atoms in total. The monoisotopic (exact) mass is 459 g/mol. The normalized spacial score (nSPS) is 30.1. The molecule has 176 valence electrons. The number of halogens is 2. The van der Waals surface area contributed by atoms with Gasteiger partial charge in [0.2, 0.25) is 0 Å². The van der Waals surface area contributed by atoms with Crippen molar-refractivity contribution in [2.45, 2.75) is 75.3 Å². The molecule has 2 aliphatic rings. The molecule has 0 amide bonds. The molecule has 5 rings (SSSR count). The molecule has 1 aliphatic heterocycles. The number of benzene rings is 1. The molecule has 2 fully saturated rings. The van der Waals surface area contributed by atoms with E-state index in [1.807, 2.05) is 0 Å². The lowest BCUT2D eigenvalue weighted by atomic mass is 9.93. The number of fused-ring (bicyclic) bond motifs is 1. The Morgan fingerprint density at radius 3 is 2.73 bits per heavy atom. The fraction of sp³-hybridized carbons (Fsp3) is 0.522. The molecule has 2 aromatic heterocycles. The first kappa shape index (κ1) is 22.1. The molecule has 33 heavy (non-hydrogen) atoms. The molecule has 1 saturated carbocycles. The minimum atomic E-state index is -1.21. The molecule has 0 bridgehead atoms. The Bertz CT molecular complexity index is 1110. The molecule has 3 aromatic rings. The molecule has 10 heteroatoms. The Kier molecular flexibility index (Phi) is 6.22. The van der Waals surface area contributed by atoms with Gasteiger partial charge in [-0.3, -0.25) is 4.57 Å². The predicted octanol–water partition coefficient (Wildman–Crippen LogP) is 2.91. The maximum Gasteiger partial charge on any atom is 0.167 e. The third kappa shape index (κ3) is 4.30. The van der Waals surface area contributed by atoms with Crippen LogP contribution in [0.15, 0.2) is 36.9 Å². The number of imidazole rings is 1. The van der Waals surface area contributed by atoms with Gasteiger partial charge in [-0.25, -0.2) is 23.7 Å². The van der Waals surface area contributed by atoms with E-state index >= 15 is 0 Å². The van der Waals surface area contributed by atoms with Crippen LogP contribution in [0.5, 0.6) is 0 Å². The van der Waals surface area contributed by atoms with Gasteiger partial charge >= 0.3 is 0 Å². The second-order valence-electron chi connectivity index (χ2n) is 8.77. The Morgan fingerprint density at radius 2 is 1.91 bits per heavy atom. The number of aliphatic hydroxyl groups is 2. The Morgan fingerprint density at radius 1 is 1.09 bits per heavy atom. The number of aliphatic hydroxyl groups excluding tert-OH is 2. The lowest BCUT2D eigenvalue weighted by molar-refractivity contribution is -0.0368. The zero-order valence-electron chi connectivity index (χ0n) is 18.0. The van der Waals surface area contributed by atoms with E-state index in [0.29, 0.717) is 48.2 Å². The summed E-state index contributed by atoms with van der Waals surface area (Å²) >= 11 is 0. The Hall–Kier alpha value is -2.69. The second-order valence-corrected chi connectivity index (χ2v) is 8.77. The number of rotatable bonds is 6. The third-order valence-corrected chi connectivity index (χ3v) is 6.63. The summed E-state index contributed by atoms with van der Waals surface area (Å²) in [5.41, 5.74) is 1.37. The molecule has 1 aromatic carbocycles. The van der Waals surface area contributed by atoms with Crippen LogP contribution in [0.25, 0.3) is 11.2 Å². The fourth-order valence-corrected chi connectivity index (χ4v) is 4.76. The van der Waals surface area contributed by atoms with Gasteiger partial charge in [-0.05, 0) is 37.3 Å². The van der Waals surface area contributed by atoms with E-state index in [0.717, 1.165) is 12.8 Å². The van der Waals surface area contributed by atoms with Gasteiger partial charge in [-0.2, -0.15) is 0 Å². The third-order valence-electron chi connectivity index (χ3n) is 6.63. The van der Waals surface area contributed by atoms with Crippen molar-refractivity contribution in [2.75, 3.05) is 5.32 Å². The van der Waals surface area contributed by atoms with Crippen LogP contribution >= 0.6 is 0 Å². The van der Waals surface area contributed by atoms with Crippen LogP contribution in [0, 0.1) is 5.82 Å². The number of hydrogen-bond acceptors (Lipinski definition) is 7. The average molecular weight is 459 g/mol. The zero-order chi connectivity index (χ0) is 22.9. The van der Waals surface area contributed by atoms with Crippen molar-refractivity contribution in [1.82, 2.24) is 19.5 Å². The summed E-state index contributed by atoms with van der Waals surface area (Å²) in [7, 11) is 0. The first-order valence-electron chi connectivity index (χ1n) is 11.4. The first-order valence-corrected chi connectivity index (χ1v) is 11.4. The minimum absolute atomic E-state index is 0.312. The van der Waals surface area contributed by atoms with Crippen LogP contribution in [0.3, 0.4) is 0 Å². The summed E-state index contributed by atoms with van der Waals surface area (Å²) in [4.78, 5) is 12.9. The van der Waals surface area contributed by atoms with Crippen molar-refractivity contribution in [3.8, 4) is 0 Å². The van der Waals surface area contributed by atoms with Gasteiger partial charge in [0.15, 0.2) is 23.2 Å². The lowest BCUT2D eigenvalue weighted by Gasteiger charge is -2.27. The van der Waals surface area contributed by atoms with Gasteiger partial charge in [-0.15, -0.1) is 0 Å². The van der Waals surface area contributed by atoms with E-state index in [1.165, 1.54) is 18.7 Å². The van der Waals surface area contributed by atoms with E-state index in [9.17, 15) is 19.0 Å². The van der Waals surface area contributed by atoms with Crippen LogP contribution in [-0.2, 0) is 11.2 Å². The molecule has 3 N–H and O–H groups in total. The van der Waals surface area contributed by atoms with Crippen molar-refractivity contribution in [2.24, 2.45) is 0 Å². The van der Waals surface area contributed by atoms with Crippen LogP contribution in [-0.4, -0.2) is 60.3 Å². The molecule has 0 radical (unpaired) electrons. The van der Waals surface area contributed by atoms with Crippen molar-refractivity contribution in [3.05, 3.63) is 48.3 Å². The van der Waals surface area contributed by atoms with Crippen molar-refractivity contribution < 1.29 is 23.7 Å². The van der Waals surface area contributed by atoms with Crippen molar-refractivity contribution in [3.63, 3.8) is 0 Å². The van der Waals surface area contributed by atoms with Crippen molar-refractivity contribution in [1.29, 1.82) is 0 Å². The minimum Gasteiger partial charge on any atom is -0.388 e. The molecule has 1 saturated heterocycles. The van der Waals surface area contributed by atoms with Gasteiger partial charge in [0, 0.05) is 0 Å². The molecular weight excluding hydrogens is 432 g/mol. The summed E-state index contributed by atoms with van der Waals surface area (Å²) in [5.74, 6) is 0.116. The summed E-state index contributed by atoms with van der Waals surface area (Å²) < 4.78 is 35.8. The topological polar surface area (TPSA) is 105 Å². The van der Waals surface area contributed by atoms with Crippen molar-refractivity contribution >= 4 is 17.0 Å². The van der Waals surface area contributed by atoms with Crippen LogP contribution < -0.4 is 5.32 Å². The van der Waals surface area contributed by atoms with Gasteiger partial charge in [0.05, 0.1) is 18.5 Å². The molecule has 2 unspecified atom stereocenters. The molecule has 3 heterocycles. The van der Waals surface area contributed by atoms with Crippen LogP contribution in [0.1, 0.15) is 43.9 Å². The molecule has 1 aliphatic carbocycles. The summed E-state index contributed by atoms with van der Waals surface area (Å²) in [5, 5.41) is 24.4. The number of nitrogens with zero attached hydrogens (tertiary/aromatic N) is 4. The number of nitrogens with one attached hydrogen (secondary N) is 1. The predicted molar refractivity (Wildman–Crippen MR) is 117 cm³/mol. The molecule has 0 spiro atoms. The fourth-order valence-electron chi connectivity index (χ4n) is 4.76. The number of aryl methyl sites for hydroxylation is 1. The largest absolute Gasteiger partial charge is 0.388 e. The van der Waals surface area contributed by atoms with Crippen LogP contribution in [0.4, 0.5) is 14.6 Å². The highest BCUT2D eigenvalue weighted by molar-refractivity contribution is 5.82. The van der Waals surface area contributed by atoms with E-state index < -0.39 is 30.7 Å². The first-order chi connectivity index (χ1) is 16.0. The molecule has 6 atom stereocenters. The highest BCUT2D eigenvalue weighted by atomic mass is 19.1. The lowest BCUT2D eigenvalue weighted by Crippen LogP contribution is -2.34. The number of ether oxygens (including phenoxy) is 1. The number of anilines is 1. The summed E-state index contributed by atoms with van der Waals surface area (Å²) in [6, 6.07) is 6.12. The Balaban J connectivity index is 1.34.